The fourth-order valence-corrected chi connectivity index (χ4v) is 2.65. The number of carboxylic acids is 1. The summed E-state index contributed by atoms with van der Waals surface area (Å²) in [6.45, 7) is 3.20. The highest BCUT2D eigenvalue weighted by Crippen LogP contribution is 2.36. The van der Waals surface area contributed by atoms with Gasteiger partial charge in [-0.3, -0.25) is 4.79 Å². The average molecular weight is 227 g/mol. The van der Waals surface area contributed by atoms with Crippen molar-refractivity contribution in [1.82, 2.24) is 0 Å². The van der Waals surface area contributed by atoms with Crippen molar-refractivity contribution in [3.63, 3.8) is 0 Å². The van der Waals surface area contributed by atoms with E-state index < -0.39 is 19.2 Å². The van der Waals surface area contributed by atoms with E-state index in [9.17, 15) is 9.36 Å². The third kappa shape index (κ3) is 2.67. The van der Waals surface area contributed by atoms with Crippen LogP contribution in [0.2, 0.25) is 0 Å². The van der Waals surface area contributed by atoms with Gasteiger partial charge in [-0.2, -0.15) is 0 Å². The second-order valence-corrected chi connectivity index (χ2v) is 6.91. The zero-order chi connectivity index (χ0) is 11.6. The third-order valence-corrected chi connectivity index (χ3v) is 3.69. The molecule has 0 amide bonds. The number of rotatable bonds is 3. The Labute approximate surface area is 88.5 Å². The van der Waals surface area contributed by atoms with Gasteiger partial charge in [0.25, 0.3) is 0 Å². The molecule has 0 spiro atoms. The summed E-state index contributed by atoms with van der Waals surface area (Å²) < 4.78 is 11.9. The fourth-order valence-electron chi connectivity index (χ4n) is 1.37. The molecule has 0 heterocycles. The van der Waals surface area contributed by atoms with Gasteiger partial charge in [0, 0.05) is 5.30 Å². The number of carbonyl (C=O) groups is 1. The molecule has 1 rings (SSSR count). The van der Waals surface area contributed by atoms with Crippen LogP contribution in [-0.4, -0.2) is 24.4 Å². The molecule has 1 aromatic rings. The number of nitrogens with two attached hydrogens (primary N) is 1. The lowest BCUT2D eigenvalue weighted by Crippen LogP contribution is -2.26. The molecule has 4 nitrogen and oxygen atoms in total. The van der Waals surface area contributed by atoms with Gasteiger partial charge >= 0.3 is 5.97 Å². The molecule has 5 heteroatoms. The highest BCUT2D eigenvalue weighted by molar-refractivity contribution is 7.70. The van der Waals surface area contributed by atoms with E-state index in [1.54, 1.807) is 37.6 Å². The summed E-state index contributed by atoms with van der Waals surface area (Å²) in [6.07, 6.45) is 0. The summed E-state index contributed by atoms with van der Waals surface area (Å²) in [5, 5.41) is 9.35. The Hall–Kier alpha value is -1.12. The van der Waals surface area contributed by atoms with Crippen LogP contribution in [0.15, 0.2) is 24.3 Å². The lowest BCUT2D eigenvalue weighted by Gasteiger charge is -2.15. The Kier molecular flexibility index (Phi) is 3.32. The predicted molar refractivity (Wildman–Crippen MR) is 60.1 cm³/mol. The minimum Gasteiger partial charge on any atom is -0.480 e. The maximum Gasteiger partial charge on any atom is 0.325 e. The minimum atomic E-state index is -2.49. The van der Waals surface area contributed by atoms with Gasteiger partial charge in [-0.1, -0.05) is 24.3 Å². The zero-order valence-corrected chi connectivity index (χ0v) is 9.57. The van der Waals surface area contributed by atoms with E-state index in [1.165, 1.54) is 0 Å². The van der Waals surface area contributed by atoms with Crippen molar-refractivity contribution in [2.45, 2.75) is 6.04 Å². The molecular formula is C10H14NO3P. The van der Waals surface area contributed by atoms with E-state index in [1.807, 2.05) is 0 Å². The zero-order valence-electron chi connectivity index (χ0n) is 8.68. The Bertz CT molecular complexity index is 424. The lowest BCUT2D eigenvalue weighted by molar-refractivity contribution is -0.138. The second kappa shape index (κ2) is 4.17. The van der Waals surface area contributed by atoms with Crippen molar-refractivity contribution in [3.05, 3.63) is 29.8 Å². The Morgan fingerprint density at radius 2 is 1.93 bits per heavy atom. The van der Waals surface area contributed by atoms with Crippen molar-refractivity contribution >= 4 is 18.4 Å². The van der Waals surface area contributed by atoms with E-state index in [-0.39, 0.29) is 0 Å². The number of hydrogen-bond acceptors (Lipinski definition) is 3. The van der Waals surface area contributed by atoms with E-state index in [0.29, 0.717) is 10.9 Å². The Morgan fingerprint density at radius 1 is 1.40 bits per heavy atom. The SMILES string of the molecule is CP(C)(=O)c1ccccc1C(N)C(=O)O. The van der Waals surface area contributed by atoms with Gasteiger partial charge < -0.3 is 15.4 Å². The number of carboxylic acid groups (broad SMARTS) is 1. The average Bonchev–Trinajstić information content (AvgIpc) is 2.15. The van der Waals surface area contributed by atoms with Gasteiger partial charge in [0.2, 0.25) is 0 Å². The molecule has 0 aliphatic carbocycles. The predicted octanol–water partition coefficient (Wildman–Crippen LogP) is 1.02. The minimum absolute atomic E-state index is 0.429. The molecular weight excluding hydrogens is 213 g/mol. The fraction of sp³-hybridized carbons (Fsp3) is 0.300. The van der Waals surface area contributed by atoms with Crippen molar-refractivity contribution < 1.29 is 14.5 Å². The number of benzene rings is 1. The van der Waals surface area contributed by atoms with Crippen LogP contribution in [0.4, 0.5) is 0 Å². The quantitative estimate of drug-likeness (QED) is 0.755. The first kappa shape index (κ1) is 12.0. The smallest absolute Gasteiger partial charge is 0.325 e. The number of aliphatic carboxylic acids is 1. The molecule has 0 saturated carbocycles. The highest BCUT2D eigenvalue weighted by atomic mass is 31.2. The van der Waals surface area contributed by atoms with Crippen LogP contribution in [-0.2, 0) is 9.36 Å². The van der Waals surface area contributed by atoms with Crippen LogP contribution in [0.1, 0.15) is 11.6 Å². The highest BCUT2D eigenvalue weighted by Gasteiger charge is 2.23. The van der Waals surface area contributed by atoms with Crippen LogP contribution >= 0.6 is 7.14 Å². The molecule has 0 aromatic heterocycles. The van der Waals surface area contributed by atoms with Crippen molar-refractivity contribution in [3.8, 4) is 0 Å². The van der Waals surface area contributed by atoms with Gasteiger partial charge in [-0.25, -0.2) is 0 Å². The summed E-state index contributed by atoms with van der Waals surface area (Å²) in [7, 11) is -2.49. The van der Waals surface area contributed by atoms with E-state index in [4.69, 9.17) is 10.8 Å². The molecule has 15 heavy (non-hydrogen) atoms. The topological polar surface area (TPSA) is 80.4 Å². The summed E-state index contributed by atoms with van der Waals surface area (Å²) in [6, 6.07) is 5.58. The monoisotopic (exact) mass is 227 g/mol. The Morgan fingerprint density at radius 3 is 2.40 bits per heavy atom. The molecule has 3 N–H and O–H groups in total. The van der Waals surface area contributed by atoms with Gasteiger partial charge in [0.1, 0.15) is 13.2 Å². The first-order chi connectivity index (χ1) is 6.84. The molecule has 0 saturated heterocycles. The maximum atomic E-state index is 11.9. The molecule has 0 radical (unpaired) electrons. The van der Waals surface area contributed by atoms with Crippen molar-refractivity contribution in [2.24, 2.45) is 5.73 Å². The van der Waals surface area contributed by atoms with Crippen LogP contribution in [0.5, 0.6) is 0 Å². The first-order valence-corrected chi connectivity index (χ1v) is 7.07. The van der Waals surface area contributed by atoms with Crippen LogP contribution < -0.4 is 11.0 Å². The summed E-state index contributed by atoms with van der Waals surface area (Å²) in [5.74, 6) is -1.11. The first-order valence-electron chi connectivity index (χ1n) is 4.47. The largest absolute Gasteiger partial charge is 0.480 e. The van der Waals surface area contributed by atoms with Gasteiger partial charge in [0.15, 0.2) is 0 Å². The standard InChI is InChI=1S/C10H14NO3P/c1-15(2,14)8-6-4-3-5-7(8)9(11)10(12)13/h3-6,9H,11H2,1-2H3,(H,12,13). The van der Waals surface area contributed by atoms with Crippen LogP contribution in [0, 0.1) is 0 Å². The molecule has 0 aliphatic heterocycles. The van der Waals surface area contributed by atoms with Gasteiger partial charge in [-0.05, 0) is 18.9 Å². The third-order valence-electron chi connectivity index (χ3n) is 2.12. The molecule has 0 aliphatic rings. The van der Waals surface area contributed by atoms with Gasteiger partial charge in [0.05, 0.1) is 0 Å². The molecule has 1 aromatic carbocycles. The molecule has 0 fully saturated rings. The normalized spacial score (nSPS) is 13.5. The van der Waals surface area contributed by atoms with Crippen molar-refractivity contribution in [2.75, 3.05) is 13.3 Å². The second-order valence-electron chi connectivity index (χ2n) is 3.73. The van der Waals surface area contributed by atoms with Crippen LogP contribution in [0.25, 0.3) is 0 Å². The van der Waals surface area contributed by atoms with E-state index >= 15 is 0 Å². The summed E-state index contributed by atoms with van der Waals surface area (Å²) in [5.41, 5.74) is 5.94. The van der Waals surface area contributed by atoms with E-state index in [0.717, 1.165) is 0 Å². The molecule has 0 bridgehead atoms. The summed E-state index contributed by atoms with van der Waals surface area (Å²) >= 11 is 0. The number of hydrogen-bond donors (Lipinski definition) is 2. The van der Waals surface area contributed by atoms with Crippen LogP contribution in [0.3, 0.4) is 0 Å². The maximum absolute atomic E-state index is 11.9. The molecule has 1 atom stereocenters. The van der Waals surface area contributed by atoms with E-state index in [2.05, 4.69) is 0 Å². The lowest BCUT2D eigenvalue weighted by atomic mass is 10.1. The van der Waals surface area contributed by atoms with Gasteiger partial charge in [-0.15, -0.1) is 0 Å². The van der Waals surface area contributed by atoms with Crippen molar-refractivity contribution in [1.29, 1.82) is 0 Å². The summed E-state index contributed by atoms with van der Waals surface area (Å²) in [4.78, 5) is 10.8. The molecule has 82 valence electrons. The Balaban J connectivity index is 3.30. The molecule has 1 unspecified atom stereocenters.